The zero-order valence-electron chi connectivity index (χ0n) is 18.2. The summed E-state index contributed by atoms with van der Waals surface area (Å²) in [6.45, 7) is 1.68. The van der Waals surface area contributed by atoms with Crippen LogP contribution < -0.4 is 5.32 Å². The van der Waals surface area contributed by atoms with Crippen LogP contribution in [0.2, 0.25) is 0 Å². The Kier molecular flexibility index (Phi) is 6.12. The fourth-order valence-electron chi connectivity index (χ4n) is 4.33. The zero-order valence-corrected chi connectivity index (χ0v) is 18.2. The molecule has 0 aliphatic carbocycles. The van der Waals surface area contributed by atoms with Crippen LogP contribution in [-0.2, 0) is 17.6 Å². The normalized spacial score (nSPS) is 16.5. The number of carbonyl (C=O) groups excluding carboxylic acids is 1. The second-order valence-electron chi connectivity index (χ2n) is 8.37. The van der Waals surface area contributed by atoms with Gasteiger partial charge in [0.25, 0.3) is 0 Å². The molecule has 170 valence electrons. The van der Waals surface area contributed by atoms with Crippen molar-refractivity contribution < 1.29 is 9.18 Å². The molecule has 0 unspecified atom stereocenters. The van der Waals surface area contributed by atoms with Gasteiger partial charge in [0.15, 0.2) is 5.82 Å². The van der Waals surface area contributed by atoms with Gasteiger partial charge in [0.2, 0.25) is 5.91 Å². The Balaban J connectivity index is 1.13. The van der Waals surface area contributed by atoms with Crippen LogP contribution in [0.3, 0.4) is 0 Å². The van der Waals surface area contributed by atoms with Gasteiger partial charge in [-0.15, -0.1) is 0 Å². The zero-order chi connectivity index (χ0) is 22.6. The molecule has 0 bridgehead atoms. The fourth-order valence-corrected chi connectivity index (χ4v) is 4.33. The van der Waals surface area contributed by atoms with Gasteiger partial charge >= 0.3 is 0 Å². The van der Waals surface area contributed by atoms with Crippen LogP contribution in [0.15, 0.2) is 48.5 Å². The summed E-state index contributed by atoms with van der Waals surface area (Å²) in [5.74, 6) is 2.04. The summed E-state index contributed by atoms with van der Waals surface area (Å²) in [6, 6.07) is 14.3. The molecule has 2 aromatic heterocycles. The third-order valence-corrected chi connectivity index (χ3v) is 5.96. The molecule has 0 spiro atoms. The molecule has 0 radical (unpaired) electrons. The van der Waals surface area contributed by atoms with Crippen LogP contribution in [0.1, 0.15) is 41.9 Å². The molecule has 4 aromatic rings. The number of nitrogens with zero attached hydrogens (tertiary/aromatic N) is 4. The van der Waals surface area contributed by atoms with Crippen molar-refractivity contribution in [2.45, 2.75) is 31.7 Å². The predicted molar refractivity (Wildman–Crippen MR) is 122 cm³/mol. The molecule has 0 saturated carbocycles. The van der Waals surface area contributed by atoms with Crippen molar-refractivity contribution in [1.82, 2.24) is 35.4 Å². The summed E-state index contributed by atoms with van der Waals surface area (Å²) >= 11 is 0. The van der Waals surface area contributed by atoms with Gasteiger partial charge in [-0.1, -0.05) is 24.3 Å². The van der Waals surface area contributed by atoms with E-state index in [1.807, 2.05) is 24.3 Å². The Bertz CT molecular complexity index is 1200. The van der Waals surface area contributed by atoms with Crippen molar-refractivity contribution in [3.05, 3.63) is 77.4 Å². The van der Waals surface area contributed by atoms with Gasteiger partial charge in [-0.05, 0) is 49.2 Å². The highest BCUT2D eigenvalue weighted by molar-refractivity contribution is 5.78. The van der Waals surface area contributed by atoms with Crippen LogP contribution in [0, 0.1) is 5.82 Å². The third-order valence-electron chi connectivity index (χ3n) is 5.96. The molecule has 1 amide bonds. The standard InChI is InChI=1S/C24H26FN7O/c25-17-9-7-16(8-10-17)14-22-29-24(31-30-22)20-6-3-13-32(20)15-23(33)26-12-11-21-27-18-4-1-2-5-19(18)28-21/h1-2,4-5,7-10,20H,3,6,11-15H2,(H,26,33)(H,27,28)(H,29,30,31)/t20-/m0/s1. The first kappa shape index (κ1) is 21.3. The number of imidazole rings is 1. The van der Waals surface area contributed by atoms with E-state index in [-0.39, 0.29) is 17.8 Å². The number of H-pyrrole nitrogens is 2. The number of hydrogen-bond donors (Lipinski definition) is 3. The number of rotatable bonds is 8. The lowest BCUT2D eigenvalue weighted by Gasteiger charge is -2.21. The highest BCUT2D eigenvalue weighted by Crippen LogP contribution is 2.29. The number of aromatic nitrogens is 5. The van der Waals surface area contributed by atoms with Crippen LogP contribution in [0.5, 0.6) is 0 Å². The molecule has 1 aliphatic rings. The molecule has 1 atom stereocenters. The number of fused-ring (bicyclic) bond motifs is 1. The highest BCUT2D eigenvalue weighted by Gasteiger charge is 2.30. The second kappa shape index (κ2) is 9.50. The smallest absolute Gasteiger partial charge is 0.234 e. The molecule has 3 N–H and O–H groups in total. The van der Waals surface area contributed by atoms with Crippen molar-refractivity contribution in [2.24, 2.45) is 0 Å². The summed E-state index contributed by atoms with van der Waals surface area (Å²) < 4.78 is 13.1. The van der Waals surface area contributed by atoms with Crippen molar-refractivity contribution in [2.75, 3.05) is 19.6 Å². The maximum atomic E-state index is 13.1. The summed E-state index contributed by atoms with van der Waals surface area (Å²) in [4.78, 5) is 27.1. The Morgan fingerprint density at radius 2 is 1.97 bits per heavy atom. The average Bonchev–Trinajstić information content (AvgIpc) is 3.54. The molecular weight excluding hydrogens is 421 g/mol. The number of para-hydroxylation sites is 2. The number of amides is 1. The topological polar surface area (TPSA) is 103 Å². The monoisotopic (exact) mass is 447 g/mol. The van der Waals surface area contributed by atoms with Gasteiger partial charge in [-0.2, -0.15) is 5.10 Å². The number of halogens is 1. The summed E-state index contributed by atoms with van der Waals surface area (Å²) in [5, 5.41) is 10.4. The second-order valence-corrected chi connectivity index (χ2v) is 8.37. The van der Waals surface area contributed by atoms with Crippen molar-refractivity contribution >= 4 is 16.9 Å². The fraction of sp³-hybridized carbons (Fsp3) is 0.333. The van der Waals surface area contributed by atoms with E-state index in [4.69, 9.17) is 0 Å². The van der Waals surface area contributed by atoms with E-state index in [0.717, 1.165) is 47.6 Å². The maximum absolute atomic E-state index is 13.1. The molecule has 2 aromatic carbocycles. The van der Waals surface area contributed by atoms with Gasteiger partial charge in [-0.3, -0.25) is 14.8 Å². The van der Waals surface area contributed by atoms with Crippen LogP contribution in [0.25, 0.3) is 11.0 Å². The minimum Gasteiger partial charge on any atom is -0.355 e. The van der Waals surface area contributed by atoms with E-state index in [9.17, 15) is 9.18 Å². The van der Waals surface area contributed by atoms with E-state index in [1.165, 1.54) is 12.1 Å². The van der Waals surface area contributed by atoms with E-state index < -0.39 is 0 Å². The molecule has 8 nitrogen and oxygen atoms in total. The molecule has 1 aliphatic heterocycles. The summed E-state index contributed by atoms with van der Waals surface area (Å²) in [6.07, 6.45) is 3.12. The van der Waals surface area contributed by atoms with E-state index in [0.29, 0.717) is 31.8 Å². The Hall–Kier alpha value is -3.59. The number of benzene rings is 2. The number of carbonyl (C=O) groups is 1. The molecule has 1 fully saturated rings. The first-order valence-electron chi connectivity index (χ1n) is 11.2. The number of likely N-dealkylation sites (tertiary alicyclic amines) is 1. The summed E-state index contributed by atoms with van der Waals surface area (Å²) in [5.41, 5.74) is 2.90. The van der Waals surface area contributed by atoms with Crippen LogP contribution in [-0.4, -0.2) is 55.6 Å². The van der Waals surface area contributed by atoms with Gasteiger partial charge < -0.3 is 10.3 Å². The Labute approximate surface area is 190 Å². The quantitative estimate of drug-likeness (QED) is 0.385. The lowest BCUT2D eigenvalue weighted by atomic mass is 10.1. The summed E-state index contributed by atoms with van der Waals surface area (Å²) in [7, 11) is 0. The molecule has 33 heavy (non-hydrogen) atoms. The molecule has 3 heterocycles. The van der Waals surface area contributed by atoms with Gasteiger partial charge in [-0.25, -0.2) is 14.4 Å². The Morgan fingerprint density at radius 3 is 2.82 bits per heavy atom. The highest BCUT2D eigenvalue weighted by atomic mass is 19.1. The first-order chi connectivity index (χ1) is 16.1. The number of hydrogen-bond acceptors (Lipinski definition) is 5. The van der Waals surface area contributed by atoms with Crippen molar-refractivity contribution in [3.8, 4) is 0 Å². The van der Waals surface area contributed by atoms with Gasteiger partial charge in [0.05, 0.1) is 23.6 Å². The third kappa shape index (κ3) is 5.09. The Morgan fingerprint density at radius 1 is 1.12 bits per heavy atom. The SMILES string of the molecule is O=C(CN1CCC[C@H]1c1n[nH]c(Cc2ccc(F)cc2)n1)NCCc1nc2ccccc2[nH]1. The van der Waals surface area contributed by atoms with Crippen LogP contribution in [0.4, 0.5) is 4.39 Å². The largest absolute Gasteiger partial charge is 0.355 e. The molecule has 1 saturated heterocycles. The number of aromatic amines is 2. The van der Waals surface area contributed by atoms with E-state index in [1.54, 1.807) is 12.1 Å². The maximum Gasteiger partial charge on any atom is 0.234 e. The number of nitrogens with one attached hydrogen (secondary N) is 3. The van der Waals surface area contributed by atoms with E-state index in [2.05, 4.69) is 35.4 Å². The van der Waals surface area contributed by atoms with Gasteiger partial charge in [0.1, 0.15) is 17.5 Å². The van der Waals surface area contributed by atoms with Gasteiger partial charge in [0, 0.05) is 19.4 Å². The lowest BCUT2D eigenvalue weighted by molar-refractivity contribution is -0.122. The lowest BCUT2D eigenvalue weighted by Crippen LogP contribution is -2.38. The minimum atomic E-state index is -0.255. The predicted octanol–water partition coefficient (Wildman–Crippen LogP) is 2.91. The molecule has 9 heteroatoms. The van der Waals surface area contributed by atoms with Crippen molar-refractivity contribution in [3.63, 3.8) is 0 Å². The molecule has 5 rings (SSSR count). The minimum absolute atomic E-state index is 0.0138. The van der Waals surface area contributed by atoms with Crippen LogP contribution >= 0.6 is 0 Å². The van der Waals surface area contributed by atoms with Crippen molar-refractivity contribution in [1.29, 1.82) is 0 Å². The first-order valence-corrected chi connectivity index (χ1v) is 11.2. The van der Waals surface area contributed by atoms with E-state index >= 15 is 0 Å². The average molecular weight is 448 g/mol. The molecular formula is C24H26FN7O.